The van der Waals surface area contributed by atoms with Crippen molar-refractivity contribution in [3.8, 4) is 11.5 Å². The lowest BCUT2D eigenvalue weighted by Gasteiger charge is -2.10. The first-order valence-electron chi connectivity index (χ1n) is 11.3. The molecule has 0 saturated carbocycles. The molecule has 3 aromatic carbocycles. The van der Waals surface area contributed by atoms with Crippen LogP contribution in [0.2, 0.25) is 0 Å². The van der Waals surface area contributed by atoms with Gasteiger partial charge in [-0.25, -0.2) is 0 Å². The van der Waals surface area contributed by atoms with Gasteiger partial charge in [-0.1, -0.05) is 22.0 Å². The second-order valence-electron chi connectivity index (χ2n) is 8.17. The smallest absolute Gasteiger partial charge is 0.306 e. The summed E-state index contributed by atoms with van der Waals surface area (Å²) in [5.74, 6) is -0.987. The van der Waals surface area contributed by atoms with Crippen LogP contribution >= 0.6 is 15.9 Å². The predicted octanol–water partition coefficient (Wildman–Crippen LogP) is 4.58. The Balaban J connectivity index is 1.34. The third-order valence-electron chi connectivity index (χ3n) is 4.91. The molecule has 0 spiro atoms. The Morgan fingerprint density at radius 1 is 0.757 bits per heavy atom. The summed E-state index contributed by atoms with van der Waals surface area (Å²) in [7, 11) is 0. The maximum absolute atomic E-state index is 12.2. The number of esters is 1. The van der Waals surface area contributed by atoms with E-state index >= 15 is 0 Å². The third-order valence-corrected chi connectivity index (χ3v) is 5.44. The van der Waals surface area contributed by atoms with E-state index < -0.39 is 24.4 Å². The molecule has 10 heteroatoms. The zero-order valence-corrected chi connectivity index (χ0v) is 21.9. The average Bonchev–Trinajstić information content (AvgIpc) is 2.86. The number of carbonyl (C=O) groups is 4. The van der Waals surface area contributed by atoms with Gasteiger partial charge in [0.1, 0.15) is 11.5 Å². The van der Waals surface area contributed by atoms with E-state index in [1.165, 1.54) is 0 Å². The van der Waals surface area contributed by atoms with Crippen molar-refractivity contribution in [3.63, 3.8) is 0 Å². The first-order valence-corrected chi connectivity index (χ1v) is 12.1. The molecule has 0 unspecified atom stereocenters. The maximum atomic E-state index is 12.2. The molecule has 3 aromatic rings. The van der Waals surface area contributed by atoms with Gasteiger partial charge in [0.2, 0.25) is 5.91 Å². The van der Waals surface area contributed by atoms with Gasteiger partial charge in [-0.3, -0.25) is 30.0 Å². The number of amides is 3. The van der Waals surface area contributed by atoms with Gasteiger partial charge in [0.05, 0.1) is 6.42 Å². The standard InChI is InChI=1S/C27H26BrN3O6/c1-17-13-18(2)15-23(14-17)37-22-9-7-21(8-10-22)29-24(32)11-12-26(34)36-16-25(33)30-31-27(35)19-3-5-20(28)6-4-19/h3-10,13-15H,11-12,16H2,1-2H3,(H,29,32)(H,30,33)(H,31,35). The molecule has 0 atom stereocenters. The summed E-state index contributed by atoms with van der Waals surface area (Å²) in [5.41, 5.74) is 7.47. The first-order chi connectivity index (χ1) is 17.7. The zero-order valence-electron chi connectivity index (χ0n) is 20.3. The fraction of sp³-hybridized carbons (Fsp3) is 0.185. The Hall–Kier alpha value is -4.18. The maximum Gasteiger partial charge on any atom is 0.306 e. The largest absolute Gasteiger partial charge is 0.457 e. The van der Waals surface area contributed by atoms with Gasteiger partial charge in [-0.2, -0.15) is 0 Å². The number of ether oxygens (including phenoxy) is 2. The van der Waals surface area contributed by atoms with E-state index in [2.05, 4.69) is 38.2 Å². The second kappa shape index (κ2) is 13.2. The fourth-order valence-electron chi connectivity index (χ4n) is 3.23. The number of halogens is 1. The van der Waals surface area contributed by atoms with Gasteiger partial charge in [-0.05, 0) is 85.6 Å². The summed E-state index contributed by atoms with van der Waals surface area (Å²) in [6.07, 6.45) is -0.333. The Bertz CT molecular complexity index is 1260. The van der Waals surface area contributed by atoms with Gasteiger partial charge < -0.3 is 14.8 Å². The number of aryl methyl sites for hydroxylation is 2. The molecule has 3 amide bonds. The highest BCUT2D eigenvalue weighted by atomic mass is 79.9. The van der Waals surface area contributed by atoms with Gasteiger partial charge in [0.15, 0.2) is 6.61 Å². The van der Waals surface area contributed by atoms with Crippen molar-refractivity contribution in [2.24, 2.45) is 0 Å². The third kappa shape index (κ3) is 9.42. The van der Waals surface area contributed by atoms with Crippen molar-refractivity contribution in [1.29, 1.82) is 0 Å². The zero-order chi connectivity index (χ0) is 26.8. The predicted molar refractivity (Wildman–Crippen MR) is 141 cm³/mol. The molecule has 3 rings (SSSR count). The minimum Gasteiger partial charge on any atom is -0.457 e. The number of hydrazine groups is 1. The number of hydrogen-bond acceptors (Lipinski definition) is 6. The summed E-state index contributed by atoms with van der Waals surface area (Å²) >= 11 is 3.27. The van der Waals surface area contributed by atoms with E-state index in [1.54, 1.807) is 48.5 Å². The Kier molecular flexibility index (Phi) is 9.79. The van der Waals surface area contributed by atoms with Crippen LogP contribution in [0.1, 0.15) is 34.3 Å². The molecule has 9 nitrogen and oxygen atoms in total. The quantitative estimate of drug-likeness (QED) is 0.257. The number of hydrogen-bond donors (Lipinski definition) is 3. The van der Waals surface area contributed by atoms with Crippen LogP contribution in [0, 0.1) is 13.8 Å². The highest BCUT2D eigenvalue weighted by Gasteiger charge is 2.12. The van der Waals surface area contributed by atoms with Crippen molar-refractivity contribution >= 4 is 45.3 Å². The number of benzene rings is 3. The van der Waals surface area contributed by atoms with Crippen LogP contribution in [-0.2, 0) is 19.1 Å². The van der Waals surface area contributed by atoms with Crippen molar-refractivity contribution in [2.75, 3.05) is 11.9 Å². The Labute approximate surface area is 222 Å². The van der Waals surface area contributed by atoms with E-state index in [9.17, 15) is 19.2 Å². The Morgan fingerprint density at radius 3 is 2.05 bits per heavy atom. The molecule has 0 aromatic heterocycles. The lowest BCUT2D eigenvalue weighted by molar-refractivity contribution is -0.149. The minimum absolute atomic E-state index is 0.123. The lowest BCUT2D eigenvalue weighted by Crippen LogP contribution is -2.43. The van der Waals surface area contributed by atoms with Crippen LogP contribution in [0.15, 0.2) is 71.2 Å². The molecule has 0 heterocycles. The van der Waals surface area contributed by atoms with E-state index in [-0.39, 0.29) is 18.7 Å². The first kappa shape index (κ1) is 27.4. The minimum atomic E-state index is -0.721. The molecular weight excluding hydrogens is 542 g/mol. The van der Waals surface area contributed by atoms with Crippen LogP contribution in [0.4, 0.5) is 5.69 Å². The molecule has 3 N–H and O–H groups in total. The highest BCUT2D eigenvalue weighted by molar-refractivity contribution is 9.10. The molecule has 0 aliphatic carbocycles. The monoisotopic (exact) mass is 567 g/mol. The number of nitrogens with one attached hydrogen (secondary N) is 3. The lowest BCUT2D eigenvalue weighted by atomic mass is 10.1. The van der Waals surface area contributed by atoms with Gasteiger partial charge in [0.25, 0.3) is 11.8 Å². The van der Waals surface area contributed by atoms with E-state index in [0.29, 0.717) is 17.0 Å². The Morgan fingerprint density at radius 2 is 1.41 bits per heavy atom. The summed E-state index contributed by atoms with van der Waals surface area (Å²) in [4.78, 5) is 47.8. The van der Waals surface area contributed by atoms with E-state index in [4.69, 9.17) is 9.47 Å². The summed E-state index contributed by atoms with van der Waals surface area (Å²) in [5, 5.41) is 2.69. The molecule has 0 fully saturated rings. The molecule has 0 aliphatic rings. The molecule has 37 heavy (non-hydrogen) atoms. The topological polar surface area (TPSA) is 123 Å². The summed E-state index contributed by atoms with van der Waals surface area (Å²) in [6, 6.07) is 19.3. The van der Waals surface area contributed by atoms with Gasteiger partial charge in [0, 0.05) is 22.1 Å². The van der Waals surface area contributed by atoms with Crippen molar-refractivity contribution in [3.05, 3.63) is 87.9 Å². The van der Waals surface area contributed by atoms with Crippen molar-refractivity contribution in [1.82, 2.24) is 10.9 Å². The molecule has 0 saturated heterocycles. The van der Waals surface area contributed by atoms with Crippen LogP contribution in [0.3, 0.4) is 0 Å². The van der Waals surface area contributed by atoms with E-state index in [1.807, 2.05) is 26.0 Å². The van der Waals surface area contributed by atoms with Crippen LogP contribution in [0.25, 0.3) is 0 Å². The SMILES string of the molecule is Cc1cc(C)cc(Oc2ccc(NC(=O)CCC(=O)OCC(=O)NNC(=O)c3ccc(Br)cc3)cc2)c1. The second-order valence-corrected chi connectivity index (χ2v) is 9.08. The number of rotatable bonds is 9. The number of carbonyl (C=O) groups excluding carboxylic acids is 4. The summed E-state index contributed by atoms with van der Waals surface area (Å²) in [6.45, 7) is 3.40. The molecule has 192 valence electrons. The molecule has 0 radical (unpaired) electrons. The van der Waals surface area contributed by atoms with Crippen LogP contribution in [0.5, 0.6) is 11.5 Å². The van der Waals surface area contributed by atoms with Crippen LogP contribution in [-0.4, -0.2) is 30.3 Å². The van der Waals surface area contributed by atoms with Crippen LogP contribution < -0.4 is 20.9 Å². The van der Waals surface area contributed by atoms with Gasteiger partial charge in [-0.15, -0.1) is 0 Å². The number of anilines is 1. The van der Waals surface area contributed by atoms with E-state index in [0.717, 1.165) is 21.3 Å². The summed E-state index contributed by atoms with van der Waals surface area (Å²) < 4.78 is 11.5. The normalized spacial score (nSPS) is 10.2. The van der Waals surface area contributed by atoms with Crippen molar-refractivity contribution in [2.45, 2.75) is 26.7 Å². The molecular formula is C27H26BrN3O6. The molecule has 0 bridgehead atoms. The van der Waals surface area contributed by atoms with Crippen molar-refractivity contribution < 1.29 is 28.7 Å². The highest BCUT2D eigenvalue weighted by Crippen LogP contribution is 2.25. The van der Waals surface area contributed by atoms with Gasteiger partial charge >= 0.3 is 5.97 Å². The fourth-order valence-corrected chi connectivity index (χ4v) is 3.49. The average molecular weight is 568 g/mol. The molecule has 0 aliphatic heterocycles.